The molecule has 2 rings (SSSR count). The lowest BCUT2D eigenvalue weighted by atomic mass is 10.3. The van der Waals surface area contributed by atoms with Crippen LogP contribution in [0.2, 0.25) is 5.02 Å². The maximum Gasteiger partial charge on any atom is 0.243 e. The Bertz CT molecular complexity index is 641. The summed E-state index contributed by atoms with van der Waals surface area (Å²) in [4.78, 5) is -0.537. The molecule has 4 nitrogen and oxygen atoms in total. The fourth-order valence-electron chi connectivity index (χ4n) is 1.79. The Labute approximate surface area is 124 Å². The van der Waals surface area contributed by atoms with E-state index in [0.717, 1.165) is 6.07 Å². The molecule has 1 aromatic rings. The Morgan fingerprint density at radius 2 is 2.00 bits per heavy atom. The molecule has 0 saturated carbocycles. The van der Waals surface area contributed by atoms with Crippen LogP contribution in [-0.2, 0) is 10.0 Å². The van der Waals surface area contributed by atoms with E-state index >= 15 is 0 Å². The van der Waals surface area contributed by atoms with Crippen LogP contribution >= 0.6 is 27.5 Å². The maximum atomic E-state index is 14.0. The third kappa shape index (κ3) is 2.94. The van der Waals surface area contributed by atoms with E-state index in [0.29, 0.717) is 12.8 Å². The lowest BCUT2D eigenvalue weighted by molar-refractivity contribution is 0.541. The molecule has 8 heteroatoms. The minimum atomic E-state index is -3.99. The lowest BCUT2D eigenvalue weighted by Crippen LogP contribution is -2.33. The molecule has 0 radical (unpaired) electrons. The molecule has 3 N–H and O–H groups in total. The Kier molecular flexibility index (Phi) is 4.20. The molecule has 0 heterocycles. The van der Waals surface area contributed by atoms with Gasteiger partial charge in [-0.3, -0.25) is 0 Å². The van der Waals surface area contributed by atoms with Crippen molar-refractivity contribution in [2.75, 3.05) is 5.73 Å². The number of benzene rings is 1. The molecule has 1 aromatic carbocycles. The highest BCUT2D eigenvalue weighted by Gasteiger charge is 2.26. The minimum Gasteiger partial charge on any atom is -0.395 e. The Balaban J connectivity index is 2.40. The van der Waals surface area contributed by atoms with Crippen molar-refractivity contribution in [3.8, 4) is 0 Å². The average molecular weight is 370 g/mol. The molecule has 1 aliphatic rings. The SMILES string of the molecule is Nc1c(F)c(S(=O)(=O)NC2CC=CC2)cc(Cl)c1Br. The number of halogens is 3. The van der Waals surface area contributed by atoms with Gasteiger partial charge in [-0.2, -0.15) is 0 Å². The molecule has 0 aromatic heterocycles. The van der Waals surface area contributed by atoms with Crippen LogP contribution in [0.15, 0.2) is 27.6 Å². The molecule has 0 fully saturated rings. The summed E-state index contributed by atoms with van der Waals surface area (Å²) >= 11 is 8.81. The van der Waals surface area contributed by atoms with Gasteiger partial charge in [0.2, 0.25) is 10.0 Å². The van der Waals surface area contributed by atoms with Crippen molar-refractivity contribution in [1.29, 1.82) is 0 Å². The predicted octanol–water partition coefficient (Wildman–Crippen LogP) is 2.82. The third-order valence-corrected chi connectivity index (χ3v) is 5.68. The second-order valence-corrected chi connectivity index (χ2v) is 7.04. The number of sulfonamides is 1. The molecule has 19 heavy (non-hydrogen) atoms. The zero-order chi connectivity index (χ0) is 14.2. The molecular formula is C11H11BrClFN2O2S. The van der Waals surface area contributed by atoms with E-state index in [1.807, 2.05) is 12.2 Å². The normalized spacial score (nSPS) is 16.2. The molecular weight excluding hydrogens is 359 g/mol. The number of hydrogen-bond acceptors (Lipinski definition) is 3. The first-order valence-electron chi connectivity index (χ1n) is 5.43. The zero-order valence-electron chi connectivity index (χ0n) is 9.66. The molecule has 0 spiro atoms. The first-order valence-corrected chi connectivity index (χ1v) is 8.08. The highest BCUT2D eigenvalue weighted by Crippen LogP contribution is 2.34. The second kappa shape index (κ2) is 5.40. The Morgan fingerprint density at radius 3 is 2.58 bits per heavy atom. The van der Waals surface area contributed by atoms with Crippen LogP contribution < -0.4 is 10.5 Å². The first-order chi connectivity index (χ1) is 8.83. The summed E-state index contributed by atoms with van der Waals surface area (Å²) in [5.74, 6) is -1.00. The largest absolute Gasteiger partial charge is 0.395 e. The molecule has 1 aliphatic carbocycles. The summed E-state index contributed by atoms with van der Waals surface area (Å²) in [6.45, 7) is 0. The van der Waals surface area contributed by atoms with Crippen molar-refractivity contribution in [3.63, 3.8) is 0 Å². The van der Waals surface area contributed by atoms with Crippen LogP contribution in [0.3, 0.4) is 0 Å². The van der Waals surface area contributed by atoms with Crippen LogP contribution in [-0.4, -0.2) is 14.5 Å². The summed E-state index contributed by atoms with van der Waals surface area (Å²) in [6, 6.07) is 0.787. The van der Waals surface area contributed by atoms with Crippen molar-refractivity contribution in [2.24, 2.45) is 0 Å². The van der Waals surface area contributed by atoms with E-state index in [1.54, 1.807) is 0 Å². The van der Waals surface area contributed by atoms with Gasteiger partial charge in [-0.05, 0) is 34.8 Å². The van der Waals surface area contributed by atoms with Gasteiger partial charge in [-0.1, -0.05) is 23.8 Å². The first kappa shape index (κ1) is 14.8. The standard InChI is InChI=1S/C11H11BrClFN2O2S/c12-9-7(13)5-8(10(14)11(9)15)19(17,18)16-6-3-1-2-4-6/h1-2,5-6,16H,3-4,15H2. The summed E-state index contributed by atoms with van der Waals surface area (Å²) in [5, 5.41) is 0.0452. The summed E-state index contributed by atoms with van der Waals surface area (Å²) in [7, 11) is -3.99. The molecule has 104 valence electrons. The van der Waals surface area contributed by atoms with Gasteiger partial charge >= 0.3 is 0 Å². The number of nitrogen functional groups attached to an aromatic ring is 1. The average Bonchev–Trinajstić information content (AvgIpc) is 2.83. The van der Waals surface area contributed by atoms with Crippen LogP contribution in [0, 0.1) is 5.82 Å². The number of anilines is 1. The molecule has 0 atom stereocenters. The quantitative estimate of drug-likeness (QED) is 0.489. The number of nitrogens with one attached hydrogen (secondary N) is 1. The monoisotopic (exact) mass is 368 g/mol. The van der Waals surface area contributed by atoms with Gasteiger partial charge in [0, 0.05) is 6.04 Å². The predicted molar refractivity (Wildman–Crippen MR) is 76.0 cm³/mol. The topological polar surface area (TPSA) is 72.2 Å². The fraction of sp³-hybridized carbons (Fsp3) is 0.273. The summed E-state index contributed by atoms with van der Waals surface area (Å²) in [5.41, 5.74) is 5.16. The van der Waals surface area contributed by atoms with E-state index in [4.69, 9.17) is 17.3 Å². The third-order valence-electron chi connectivity index (χ3n) is 2.78. The van der Waals surface area contributed by atoms with Crippen LogP contribution in [0.4, 0.5) is 10.1 Å². The smallest absolute Gasteiger partial charge is 0.243 e. The number of hydrogen-bond donors (Lipinski definition) is 2. The second-order valence-electron chi connectivity index (χ2n) is 4.16. The molecule has 0 amide bonds. The molecule has 0 saturated heterocycles. The highest BCUT2D eigenvalue weighted by molar-refractivity contribution is 9.10. The minimum absolute atomic E-state index is 0.0452. The van der Waals surface area contributed by atoms with E-state index in [-0.39, 0.29) is 21.2 Å². The van der Waals surface area contributed by atoms with E-state index in [1.165, 1.54) is 0 Å². The van der Waals surface area contributed by atoms with Crippen molar-refractivity contribution < 1.29 is 12.8 Å². The molecule has 0 unspecified atom stereocenters. The highest BCUT2D eigenvalue weighted by atomic mass is 79.9. The molecule has 0 bridgehead atoms. The Hall–Kier alpha value is -0.630. The Morgan fingerprint density at radius 1 is 1.42 bits per heavy atom. The van der Waals surface area contributed by atoms with Gasteiger partial charge in [0.15, 0.2) is 5.82 Å². The van der Waals surface area contributed by atoms with Gasteiger partial charge in [0.25, 0.3) is 0 Å². The van der Waals surface area contributed by atoms with Crippen LogP contribution in [0.5, 0.6) is 0 Å². The van der Waals surface area contributed by atoms with Gasteiger partial charge in [-0.15, -0.1) is 0 Å². The van der Waals surface area contributed by atoms with Crippen LogP contribution in [0.1, 0.15) is 12.8 Å². The van der Waals surface area contributed by atoms with Crippen molar-refractivity contribution >= 4 is 43.2 Å². The van der Waals surface area contributed by atoms with Crippen molar-refractivity contribution in [3.05, 3.63) is 33.5 Å². The van der Waals surface area contributed by atoms with Gasteiger partial charge in [0.1, 0.15) is 4.90 Å². The lowest BCUT2D eigenvalue weighted by Gasteiger charge is -2.14. The van der Waals surface area contributed by atoms with E-state index in [2.05, 4.69) is 20.7 Å². The number of rotatable bonds is 3. The maximum absolute atomic E-state index is 14.0. The summed E-state index contributed by atoms with van der Waals surface area (Å²) < 4.78 is 40.8. The van der Waals surface area contributed by atoms with Gasteiger partial charge in [0.05, 0.1) is 15.2 Å². The van der Waals surface area contributed by atoms with Crippen molar-refractivity contribution in [2.45, 2.75) is 23.8 Å². The van der Waals surface area contributed by atoms with Gasteiger partial charge in [-0.25, -0.2) is 17.5 Å². The van der Waals surface area contributed by atoms with E-state index < -0.39 is 20.7 Å². The fourth-order valence-corrected chi connectivity index (χ4v) is 3.73. The number of nitrogens with two attached hydrogens (primary N) is 1. The van der Waals surface area contributed by atoms with Crippen molar-refractivity contribution in [1.82, 2.24) is 4.72 Å². The summed E-state index contributed by atoms with van der Waals surface area (Å²) in [6.07, 6.45) is 4.90. The zero-order valence-corrected chi connectivity index (χ0v) is 12.8. The molecule has 0 aliphatic heterocycles. The van der Waals surface area contributed by atoms with E-state index in [9.17, 15) is 12.8 Å². The van der Waals surface area contributed by atoms with Gasteiger partial charge < -0.3 is 5.73 Å². The van der Waals surface area contributed by atoms with Crippen LogP contribution in [0.25, 0.3) is 0 Å².